The normalized spacial score (nSPS) is 10.7. The molecule has 4 rings (SSSR count). The summed E-state index contributed by atoms with van der Waals surface area (Å²) >= 11 is 0. The Balaban J connectivity index is 1.83. The Hall–Kier alpha value is -4.60. The van der Waals surface area contributed by atoms with Crippen molar-refractivity contribution in [3.8, 4) is 22.8 Å². The van der Waals surface area contributed by atoms with Crippen molar-refractivity contribution >= 4 is 16.7 Å². The SMILES string of the molecule is COc1ccc(COn2c(=O)c(-c3cccc([N+](=O)[O-])c3)[n+]([O-])c3ccccc32)cc1OC. The van der Waals surface area contributed by atoms with Crippen molar-refractivity contribution in [1.29, 1.82) is 0 Å². The van der Waals surface area contributed by atoms with Crippen LogP contribution in [0.4, 0.5) is 5.69 Å². The van der Waals surface area contributed by atoms with Gasteiger partial charge in [0.1, 0.15) is 6.61 Å². The van der Waals surface area contributed by atoms with Crippen LogP contribution < -0.4 is 24.6 Å². The fraction of sp³-hybridized carbons (Fsp3) is 0.130. The minimum atomic E-state index is -0.746. The quantitative estimate of drug-likeness (QED) is 0.184. The second kappa shape index (κ2) is 8.87. The highest BCUT2D eigenvalue weighted by atomic mass is 16.7. The Morgan fingerprint density at radius 2 is 1.73 bits per heavy atom. The first-order valence-corrected chi connectivity index (χ1v) is 9.81. The smallest absolute Gasteiger partial charge is 0.357 e. The average molecular weight is 449 g/mol. The highest BCUT2D eigenvalue weighted by Crippen LogP contribution is 2.27. The van der Waals surface area contributed by atoms with Crippen molar-refractivity contribution in [3.05, 3.63) is 98.0 Å². The molecule has 0 aliphatic carbocycles. The van der Waals surface area contributed by atoms with Gasteiger partial charge in [0.15, 0.2) is 17.0 Å². The molecule has 0 saturated carbocycles. The zero-order valence-corrected chi connectivity index (χ0v) is 17.8. The van der Waals surface area contributed by atoms with Crippen molar-refractivity contribution in [2.24, 2.45) is 0 Å². The summed E-state index contributed by atoms with van der Waals surface area (Å²) in [6, 6.07) is 17.0. The Morgan fingerprint density at radius 1 is 0.970 bits per heavy atom. The van der Waals surface area contributed by atoms with E-state index in [4.69, 9.17) is 14.3 Å². The van der Waals surface area contributed by atoms with Crippen LogP contribution in [0.15, 0.2) is 71.5 Å². The number of nitro groups is 1. The summed E-state index contributed by atoms with van der Waals surface area (Å²) in [5.74, 6) is 1.04. The molecule has 0 unspecified atom stereocenters. The Bertz CT molecular complexity index is 1420. The Morgan fingerprint density at radius 3 is 2.45 bits per heavy atom. The van der Waals surface area contributed by atoms with Crippen LogP contribution in [-0.2, 0) is 6.61 Å². The summed E-state index contributed by atoms with van der Waals surface area (Å²) in [6.07, 6.45) is 0. The number of non-ortho nitro benzene ring substituents is 1. The molecule has 168 valence electrons. The molecule has 4 aromatic rings. The molecule has 1 aromatic heterocycles. The minimum absolute atomic E-state index is 0.0124. The zero-order chi connectivity index (χ0) is 23.5. The maximum Gasteiger partial charge on any atom is 0.357 e. The van der Waals surface area contributed by atoms with Gasteiger partial charge in [0.2, 0.25) is 5.52 Å². The first-order valence-electron chi connectivity index (χ1n) is 9.81. The molecular weight excluding hydrogens is 430 g/mol. The van der Waals surface area contributed by atoms with Gasteiger partial charge in [-0.25, -0.2) is 0 Å². The highest BCUT2D eigenvalue weighted by Gasteiger charge is 2.25. The van der Waals surface area contributed by atoms with Gasteiger partial charge in [-0.2, -0.15) is 4.73 Å². The number of hydrogen-bond acceptors (Lipinski definition) is 7. The molecule has 0 atom stereocenters. The first-order chi connectivity index (χ1) is 15.9. The second-order valence-corrected chi connectivity index (χ2v) is 7.00. The monoisotopic (exact) mass is 449 g/mol. The van der Waals surface area contributed by atoms with Crippen LogP contribution in [0.5, 0.6) is 11.5 Å². The summed E-state index contributed by atoms with van der Waals surface area (Å²) in [5, 5.41) is 24.2. The lowest BCUT2D eigenvalue weighted by Crippen LogP contribution is -2.42. The van der Waals surface area contributed by atoms with E-state index < -0.39 is 10.5 Å². The van der Waals surface area contributed by atoms with Gasteiger partial charge in [-0.15, -0.1) is 4.73 Å². The Kier molecular flexibility index (Phi) is 5.81. The maximum absolute atomic E-state index is 13.3. The molecule has 0 amide bonds. The van der Waals surface area contributed by atoms with Crippen LogP contribution in [-0.4, -0.2) is 23.9 Å². The number of hydrogen-bond donors (Lipinski definition) is 0. The van der Waals surface area contributed by atoms with E-state index in [-0.39, 0.29) is 34.6 Å². The van der Waals surface area contributed by atoms with Crippen LogP contribution in [0, 0.1) is 15.3 Å². The van der Waals surface area contributed by atoms with Crippen LogP contribution in [0.25, 0.3) is 22.3 Å². The van der Waals surface area contributed by atoms with Crippen molar-refractivity contribution in [2.45, 2.75) is 6.61 Å². The highest BCUT2D eigenvalue weighted by molar-refractivity contribution is 5.73. The molecule has 10 heteroatoms. The van der Waals surface area contributed by atoms with E-state index in [1.54, 1.807) is 42.5 Å². The third-order valence-corrected chi connectivity index (χ3v) is 5.05. The molecule has 0 saturated heterocycles. The number of fused-ring (bicyclic) bond motifs is 1. The van der Waals surface area contributed by atoms with Crippen molar-refractivity contribution in [3.63, 3.8) is 0 Å². The lowest BCUT2D eigenvalue weighted by molar-refractivity contribution is -0.566. The first kappa shape index (κ1) is 21.6. The summed E-state index contributed by atoms with van der Waals surface area (Å²) in [5.41, 5.74) is -0.0388. The van der Waals surface area contributed by atoms with E-state index in [2.05, 4.69) is 0 Å². The molecule has 33 heavy (non-hydrogen) atoms. The van der Waals surface area contributed by atoms with Crippen LogP contribution in [0.1, 0.15) is 5.56 Å². The van der Waals surface area contributed by atoms with E-state index in [9.17, 15) is 20.1 Å². The Labute approximate surface area is 187 Å². The summed E-state index contributed by atoms with van der Waals surface area (Å²) in [4.78, 5) is 29.8. The second-order valence-electron chi connectivity index (χ2n) is 7.00. The maximum atomic E-state index is 13.3. The van der Waals surface area contributed by atoms with Crippen molar-refractivity contribution in [1.82, 2.24) is 4.73 Å². The number of methoxy groups -OCH3 is 2. The predicted octanol–water partition coefficient (Wildman–Crippen LogP) is 2.86. The van der Waals surface area contributed by atoms with Gasteiger partial charge in [-0.3, -0.25) is 14.9 Å². The third-order valence-electron chi connectivity index (χ3n) is 5.05. The molecule has 0 N–H and O–H groups in total. The molecule has 0 fully saturated rings. The standard InChI is InChI=1S/C23H19N3O7/c1-31-20-11-10-15(12-21(20)32-2)14-33-25-19-9-4-3-8-18(19)24(28)22(23(25)27)16-6-5-7-17(13-16)26(29)30/h3-13H,14H2,1-2H3. The van der Waals surface area contributed by atoms with Gasteiger partial charge in [0.25, 0.3) is 11.4 Å². The molecule has 3 aromatic carbocycles. The summed E-state index contributed by atoms with van der Waals surface area (Å²) in [7, 11) is 3.04. The van der Waals surface area contributed by atoms with Crippen molar-refractivity contribution < 1.29 is 24.0 Å². The van der Waals surface area contributed by atoms with Gasteiger partial charge < -0.3 is 19.5 Å². The number of nitro benzene ring substituents is 1. The zero-order valence-electron chi connectivity index (χ0n) is 17.8. The number of para-hydroxylation sites is 2. The van der Waals surface area contributed by atoms with Crippen molar-refractivity contribution in [2.75, 3.05) is 14.2 Å². The van der Waals surface area contributed by atoms with Gasteiger partial charge in [0, 0.05) is 18.2 Å². The van der Waals surface area contributed by atoms with Gasteiger partial charge in [0.05, 0.1) is 24.7 Å². The lowest BCUT2D eigenvalue weighted by Gasteiger charge is -2.15. The topological polar surface area (TPSA) is 120 Å². The molecule has 0 aliphatic rings. The van der Waals surface area contributed by atoms with Crippen LogP contribution in [0.2, 0.25) is 0 Å². The van der Waals surface area contributed by atoms with E-state index in [0.29, 0.717) is 21.8 Å². The van der Waals surface area contributed by atoms with E-state index in [1.165, 1.54) is 38.5 Å². The molecule has 10 nitrogen and oxygen atoms in total. The van der Waals surface area contributed by atoms with Crippen LogP contribution >= 0.6 is 0 Å². The number of nitrogens with zero attached hydrogens (tertiary/aromatic N) is 3. The molecule has 1 heterocycles. The molecular formula is C23H19N3O7. The van der Waals surface area contributed by atoms with E-state index >= 15 is 0 Å². The third kappa shape index (κ3) is 4.01. The van der Waals surface area contributed by atoms with E-state index in [1.807, 2.05) is 0 Å². The van der Waals surface area contributed by atoms with Gasteiger partial charge >= 0.3 is 5.56 Å². The molecule has 0 spiro atoms. The number of ether oxygens (including phenoxy) is 2. The summed E-state index contributed by atoms with van der Waals surface area (Å²) in [6.45, 7) is -0.0124. The summed E-state index contributed by atoms with van der Waals surface area (Å²) < 4.78 is 12.0. The van der Waals surface area contributed by atoms with Gasteiger partial charge in [-0.1, -0.05) is 24.3 Å². The fourth-order valence-corrected chi connectivity index (χ4v) is 3.47. The molecule has 0 radical (unpaired) electrons. The van der Waals surface area contributed by atoms with E-state index in [0.717, 1.165) is 4.73 Å². The number of rotatable bonds is 7. The number of aromatic nitrogens is 2. The lowest BCUT2D eigenvalue weighted by atomic mass is 10.1. The average Bonchev–Trinajstić information content (AvgIpc) is 2.84. The van der Waals surface area contributed by atoms with Gasteiger partial charge in [-0.05, 0) is 29.8 Å². The fourth-order valence-electron chi connectivity index (χ4n) is 3.47. The molecule has 0 bridgehead atoms. The number of benzene rings is 3. The predicted molar refractivity (Wildman–Crippen MR) is 119 cm³/mol. The molecule has 0 aliphatic heterocycles. The largest absolute Gasteiger partial charge is 0.618 e. The minimum Gasteiger partial charge on any atom is -0.618 e. The van der Waals surface area contributed by atoms with Crippen LogP contribution in [0.3, 0.4) is 0 Å².